The van der Waals surface area contributed by atoms with Gasteiger partial charge in [0.15, 0.2) is 5.17 Å². The van der Waals surface area contributed by atoms with Gasteiger partial charge in [-0.1, -0.05) is 11.8 Å². The second-order valence-electron chi connectivity index (χ2n) is 4.56. The van der Waals surface area contributed by atoms with E-state index in [1.807, 2.05) is 6.92 Å². The van der Waals surface area contributed by atoms with Crippen LogP contribution in [-0.4, -0.2) is 51.2 Å². The van der Waals surface area contributed by atoms with E-state index in [-0.39, 0.29) is 11.5 Å². The molecule has 90 valence electrons. The third-order valence-corrected chi connectivity index (χ3v) is 4.59. The maximum atomic E-state index is 9.96. The molecule has 3 rings (SSSR count). The summed E-state index contributed by atoms with van der Waals surface area (Å²) in [6.45, 7) is 2.73. The van der Waals surface area contributed by atoms with Crippen LogP contribution in [0.3, 0.4) is 0 Å². The quantitative estimate of drug-likeness (QED) is 0.589. The molecule has 5 nitrogen and oxygen atoms in total. The molecular weight excluding hydrogens is 228 g/mol. The molecule has 1 saturated carbocycles. The summed E-state index contributed by atoms with van der Waals surface area (Å²) < 4.78 is 5.83. The highest BCUT2D eigenvalue weighted by Gasteiger charge is 2.65. The molecule has 3 aliphatic rings. The molecule has 16 heavy (non-hydrogen) atoms. The Kier molecular flexibility index (Phi) is 2.43. The minimum absolute atomic E-state index is 0.0224. The fourth-order valence-electron chi connectivity index (χ4n) is 2.42. The number of nitrogens with one attached hydrogen (secondary N) is 1. The first kappa shape index (κ1) is 10.8. The van der Waals surface area contributed by atoms with Gasteiger partial charge < -0.3 is 20.3 Å². The van der Waals surface area contributed by atoms with Crippen LogP contribution in [0.1, 0.15) is 19.8 Å². The van der Waals surface area contributed by atoms with Gasteiger partial charge in [0.2, 0.25) is 0 Å². The number of amidine groups is 1. The molecule has 3 fully saturated rings. The van der Waals surface area contributed by atoms with Crippen molar-refractivity contribution in [1.82, 2.24) is 5.32 Å². The van der Waals surface area contributed by atoms with E-state index in [9.17, 15) is 10.2 Å². The van der Waals surface area contributed by atoms with Crippen molar-refractivity contribution in [1.29, 1.82) is 0 Å². The summed E-state index contributed by atoms with van der Waals surface area (Å²) in [4.78, 5) is 4.30. The molecule has 2 aliphatic heterocycles. The smallest absolute Gasteiger partial charge is 0.159 e. The molecule has 0 aromatic carbocycles. The Bertz CT molecular complexity index is 338. The van der Waals surface area contributed by atoms with Crippen LogP contribution < -0.4 is 5.32 Å². The van der Waals surface area contributed by atoms with Crippen molar-refractivity contribution in [2.45, 2.75) is 49.1 Å². The number of aliphatic hydroxyl groups excluding tert-OH is 2. The molecule has 2 heterocycles. The van der Waals surface area contributed by atoms with E-state index < -0.39 is 17.8 Å². The molecule has 3 N–H and O–H groups in total. The number of nitrogens with zero attached hydrogens (tertiary/aromatic N) is 1. The third-order valence-electron chi connectivity index (χ3n) is 3.46. The van der Waals surface area contributed by atoms with Crippen LogP contribution in [0.5, 0.6) is 0 Å². The molecule has 1 spiro atoms. The maximum absolute atomic E-state index is 9.96. The maximum Gasteiger partial charge on any atom is 0.159 e. The molecule has 0 aromatic heterocycles. The number of hydrogen-bond acceptors (Lipinski definition) is 5. The van der Waals surface area contributed by atoms with Gasteiger partial charge in [-0.3, -0.25) is 4.99 Å². The number of fused-ring (bicyclic) bond motifs is 1. The first-order valence-electron chi connectivity index (χ1n) is 5.67. The molecule has 0 radical (unpaired) electrons. The van der Waals surface area contributed by atoms with Crippen LogP contribution in [0.2, 0.25) is 0 Å². The summed E-state index contributed by atoms with van der Waals surface area (Å²) in [6.07, 6.45) is 0.101. The molecule has 0 unspecified atom stereocenters. The van der Waals surface area contributed by atoms with Gasteiger partial charge in [0.05, 0.1) is 18.2 Å². The second-order valence-corrected chi connectivity index (χ2v) is 5.65. The Labute approximate surface area is 98.3 Å². The Morgan fingerprint density at radius 1 is 1.56 bits per heavy atom. The highest BCUT2D eigenvalue weighted by Crippen LogP contribution is 2.51. The normalized spacial score (nSPS) is 52.8. The number of ether oxygens (including phenoxy) is 1. The summed E-state index contributed by atoms with van der Waals surface area (Å²) in [6, 6.07) is 0.115. The number of hydrogen-bond donors (Lipinski definition) is 3. The zero-order chi connectivity index (χ0) is 11.3. The minimum Gasteiger partial charge on any atom is -0.390 e. The van der Waals surface area contributed by atoms with Crippen molar-refractivity contribution in [3.05, 3.63) is 0 Å². The van der Waals surface area contributed by atoms with E-state index in [4.69, 9.17) is 4.74 Å². The van der Waals surface area contributed by atoms with Crippen LogP contribution in [-0.2, 0) is 4.74 Å². The van der Waals surface area contributed by atoms with Gasteiger partial charge in [-0.15, -0.1) is 0 Å². The largest absolute Gasteiger partial charge is 0.390 e. The topological polar surface area (TPSA) is 74.1 Å². The van der Waals surface area contributed by atoms with Crippen LogP contribution >= 0.6 is 11.8 Å². The van der Waals surface area contributed by atoms with Crippen molar-refractivity contribution >= 4 is 16.9 Å². The Balaban J connectivity index is 1.74. The third kappa shape index (κ3) is 1.48. The van der Waals surface area contributed by atoms with Gasteiger partial charge in [-0.2, -0.15) is 0 Å². The molecule has 5 atom stereocenters. The van der Waals surface area contributed by atoms with Crippen LogP contribution in [0.25, 0.3) is 0 Å². The van der Waals surface area contributed by atoms with E-state index in [0.717, 1.165) is 11.7 Å². The van der Waals surface area contributed by atoms with E-state index in [0.29, 0.717) is 12.8 Å². The standard InChI is InChI=1S/C10H16N2O3S/c1-2-11-9-12-5-3-6(13)10(4-7(10)14)15-8(5)16-9/h5-8,13-14H,2-4H2,1H3,(H,11,12)/t5-,6+,7-,8-,10-/m1/s1. The SMILES string of the molecule is CCN=C1N[C@@H]2C[C@H](O)[C@@]3(C[C@H]3O)O[C@@H]2S1. The van der Waals surface area contributed by atoms with E-state index >= 15 is 0 Å². The summed E-state index contributed by atoms with van der Waals surface area (Å²) in [5.41, 5.74) is -0.705. The van der Waals surface area contributed by atoms with Gasteiger partial charge in [0.25, 0.3) is 0 Å². The van der Waals surface area contributed by atoms with Crippen molar-refractivity contribution in [3.8, 4) is 0 Å². The van der Waals surface area contributed by atoms with Crippen LogP contribution in [0.4, 0.5) is 0 Å². The summed E-state index contributed by atoms with van der Waals surface area (Å²) in [5, 5.41) is 23.7. The first-order chi connectivity index (χ1) is 7.65. The van der Waals surface area contributed by atoms with Gasteiger partial charge in [-0.25, -0.2) is 0 Å². The highest BCUT2D eigenvalue weighted by molar-refractivity contribution is 8.14. The molecule has 6 heteroatoms. The Morgan fingerprint density at radius 3 is 2.94 bits per heavy atom. The molecule has 0 aromatic rings. The fourth-order valence-corrected chi connectivity index (χ4v) is 3.63. The van der Waals surface area contributed by atoms with Gasteiger partial charge in [0, 0.05) is 13.0 Å². The lowest BCUT2D eigenvalue weighted by Crippen LogP contribution is -2.51. The molecule has 1 aliphatic carbocycles. The predicted molar refractivity (Wildman–Crippen MR) is 61.3 cm³/mol. The van der Waals surface area contributed by atoms with Gasteiger partial charge >= 0.3 is 0 Å². The van der Waals surface area contributed by atoms with E-state index in [2.05, 4.69) is 10.3 Å². The molecule has 0 bridgehead atoms. The van der Waals surface area contributed by atoms with Gasteiger partial charge in [-0.05, 0) is 13.3 Å². The molecular formula is C10H16N2O3S. The number of rotatable bonds is 1. The fraction of sp³-hybridized carbons (Fsp3) is 0.900. The zero-order valence-corrected chi connectivity index (χ0v) is 9.91. The average molecular weight is 244 g/mol. The summed E-state index contributed by atoms with van der Waals surface area (Å²) >= 11 is 1.56. The zero-order valence-electron chi connectivity index (χ0n) is 9.09. The first-order valence-corrected chi connectivity index (χ1v) is 6.55. The summed E-state index contributed by atoms with van der Waals surface area (Å²) in [7, 11) is 0. The Hall–Kier alpha value is -0.300. The highest BCUT2D eigenvalue weighted by atomic mass is 32.2. The van der Waals surface area contributed by atoms with Crippen molar-refractivity contribution < 1.29 is 14.9 Å². The molecule has 2 saturated heterocycles. The van der Waals surface area contributed by atoms with E-state index in [1.165, 1.54) is 0 Å². The van der Waals surface area contributed by atoms with Gasteiger partial charge in [0.1, 0.15) is 11.0 Å². The van der Waals surface area contributed by atoms with Crippen molar-refractivity contribution in [2.24, 2.45) is 4.99 Å². The van der Waals surface area contributed by atoms with Crippen LogP contribution in [0.15, 0.2) is 4.99 Å². The lowest BCUT2D eigenvalue weighted by atomic mass is 9.99. The van der Waals surface area contributed by atoms with Crippen LogP contribution in [0, 0.1) is 0 Å². The number of aliphatic hydroxyl groups is 2. The number of thioether (sulfide) groups is 1. The predicted octanol–water partition coefficient (Wildman–Crippen LogP) is -0.322. The summed E-state index contributed by atoms with van der Waals surface area (Å²) in [5.74, 6) is 0. The van der Waals surface area contributed by atoms with Crippen molar-refractivity contribution in [2.75, 3.05) is 6.54 Å². The molecule has 0 amide bonds. The second kappa shape index (κ2) is 3.60. The Morgan fingerprint density at radius 2 is 2.31 bits per heavy atom. The number of aliphatic imine (C=N–C) groups is 1. The lowest BCUT2D eigenvalue weighted by molar-refractivity contribution is -0.130. The van der Waals surface area contributed by atoms with Crippen molar-refractivity contribution in [3.63, 3.8) is 0 Å². The average Bonchev–Trinajstić information content (AvgIpc) is 2.68. The van der Waals surface area contributed by atoms with E-state index in [1.54, 1.807) is 11.8 Å². The monoisotopic (exact) mass is 244 g/mol. The minimum atomic E-state index is -0.683. The lowest BCUT2D eigenvalue weighted by Gasteiger charge is -2.35.